The fourth-order valence-electron chi connectivity index (χ4n) is 0.493. The third kappa shape index (κ3) is 0.924. The first kappa shape index (κ1) is 5.44. The van der Waals surface area contributed by atoms with Crippen LogP contribution in [0.2, 0.25) is 0 Å². The van der Waals surface area contributed by atoms with Crippen LogP contribution >= 0.6 is 12.2 Å². The second-order valence-electron chi connectivity index (χ2n) is 1.54. The van der Waals surface area contributed by atoms with E-state index in [2.05, 4.69) is 22.2 Å². The van der Waals surface area contributed by atoms with Gasteiger partial charge in [0, 0.05) is 11.6 Å². The largest absolute Gasteiger partial charge is 0.344 e. The number of aryl methyl sites for hydroxylation is 1. The molecular formula is C5H6N2S. The molecule has 0 bridgehead atoms. The molecule has 0 atom stereocenters. The molecule has 0 aliphatic carbocycles. The highest BCUT2D eigenvalue weighted by Crippen LogP contribution is 1.89. The standard InChI is InChI=1S/C5H6N2S/c1-4-2-6-5(3-8)7-4/h2-3H,1H3,(H,6,7). The summed E-state index contributed by atoms with van der Waals surface area (Å²) < 4.78 is 0. The SMILES string of the molecule is Cc1c[nH]c(C=S)n1. The van der Waals surface area contributed by atoms with Crippen molar-refractivity contribution in [2.75, 3.05) is 0 Å². The summed E-state index contributed by atoms with van der Waals surface area (Å²) in [5.74, 6) is 0.762. The van der Waals surface area contributed by atoms with Gasteiger partial charge in [-0.25, -0.2) is 4.98 Å². The van der Waals surface area contributed by atoms with Crippen LogP contribution in [-0.2, 0) is 0 Å². The zero-order valence-corrected chi connectivity index (χ0v) is 5.33. The summed E-state index contributed by atoms with van der Waals surface area (Å²) in [5.41, 5.74) is 0.973. The Morgan fingerprint density at radius 2 is 2.62 bits per heavy atom. The van der Waals surface area contributed by atoms with E-state index < -0.39 is 0 Å². The minimum Gasteiger partial charge on any atom is -0.344 e. The van der Waals surface area contributed by atoms with Crippen molar-refractivity contribution in [3.63, 3.8) is 0 Å². The predicted molar refractivity (Wildman–Crippen MR) is 36.1 cm³/mol. The number of thiocarbonyl (C=S) groups is 1. The average molecular weight is 126 g/mol. The summed E-state index contributed by atoms with van der Waals surface area (Å²) in [4.78, 5) is 6.90. The Kier molecular flexibility index (Phi) is 1.39. The van der Waals surface area contributed by atoms with E-state index in [4.69, 9.17) is 0 Å². The van der Waals surface area contributed by atoms with Crippen LogP contribution in [-0.4, -0.2) is 15.3 Å². The second kappa shape index (κ2) is 2.05. The van der Waals surface area contributed by atoms with Crippen LogP contribution in [0.1, 0.15) is 11.5 Å². The summed E-state index contributed by atoms with van der Waals surface area (Å²) in [6.45, 7) is 1.92. The number of nitrogens with zero attached hydrogens (tertiary/aromatic N) is 1. The van der Waals surface area contributed by atoms with Crippen molar-refractivity contribution in [2.24, 2.45) is 0 Å². The Morgan fingerprint density at radius 1 is 1.88 bits per heavy atom. The molecule has 1 aromatic heterocycles. The summed E-state index contributed by atoms with van der Waals surface area (Å²) in [6, 6.07) is 0. The lowest BCUT2D eigenvalue weighted by Gasteiger charge is -1.73. The number of hydrogen-bond acceptors (Lipinski definition) is 2. The van der Waals surface area contributed by atoms with Crippen molar-refractivity contribution in [2.45, 2.75) is 6.92 Å². The van der Waals surface area contributed by atoms with Gasteiger partial charge in [0.1, 0.15) is 5.82 Å². The van der Waals surface area contributed by atoms with Gasteiger partial charge in [0.15, 0.2) is 0 Å². The van der Waals surface area contributed by atoms with Crippen molar-refractivity contribution in [3.05, 3.63) is 17.7 Å². The van der Waals surface area contributed by atoms with Crippen molar-refractivity contribution in [3.8, 4) is 0 Å². The van der Waals surface area contributed by atoms with Crippen LogP contribution in [0, 0.1) is 6.92 Å². The van der Waals surface area contributed by atoms with Crippen LogP contribution < -0.4 is 0 Å². The molecule has 0 unspecified atom stereocenters. The first-order chi connectivity index (χ1) is 3.83. The van der Waals surface area contributed by atoms with Gasteiger partial charge in [-0.2, -0.15) is 0 Å². The molecule has 0 spiro atoms. The highest BCUT2D eigenvalue weighted by Gasteiger charge is 1.88. The lowest BCUT2D eigenvalue weighted by molar-refractivity contribution is 1.24. The summed E-state index contributed by atoms with van der Waals surface area (Å²) >= 11 is 4.61. The number of H-pyrrole nitrogens is 1. The zero-order valence-electron chi connectivity index (χ0n) is 4.51. The van der Waals surface area contributed by atoms with E-state index in [1.54, 1.807) is 0 Å². The Bertz CT molecular complexity index is 192. The lowest BCUT2D eigenvalue weighted by Crippen LogP contribution is -1.78. The van der Waals surface area contributed by atoms with E-state index in [0.29, 0.717) is 0 Å². The number of imidazole rings is 1. The average Bonchev–Trinajstić information content (AvgIpc) is 2.14. The number of nitrogens with one attached hydrogen (secondary N) is 1. The molecule has 42 valence electrons. The van der Waals surface area contributed by atoms with Gasteiger partial charge in [-0.1, -0.05) is 12.2 Å². The summed E-state index contributed by atoms with van der Waals surface area (Å²) in [5, 5.41) is 1.52. The smallest absolute Gasteiger partial charge is 0.141 e. The van der Waals surface area contributed by atoms with E-state index in [-0.39, 0.29) is 0 Å². The minimum atomic E-state index is 0.762. The van der Waals surface area contributed by atoms with Crippen LogP contribution in [0.25, 0.3) is 0 Å². The van der Waals surface area contributed by atoms with Gasteiger partial charge in [0.25, 0.3) is 0 Å². The van der Waals surface area contributed by atoms with E-state index in [9.17, 15) is 0 Å². The molecule has 0 aromatic carbocycles. The number of hydrogen-bond donors (Lipinski definition) is 1. The van der Waals surface area contributed by atoms with Gasteiger partial charge in [0.05, 0.1) is 5.69 Å². The molecule has 0 saturated heterocycles. The first-order valence-electron chi connectivity index (χ1n) is 2.30. The zero-order chi connectivity index (χ0) is 5.98. The van der Waals surface area contributed by atoms with Crippen LogP contribution in [0.4, 0.5) is 0 Å². The maximum Gasteiger partial charge on any atom is 0.141 e. The quantitative estimate of drug-likeness (QED) is 0.570. The van der Waals surface area contributed by atoms with Crippen molar-refractivity contribution < 1.29 is 0 Å². The Balaban J connectivity index is 3.00. The summed E-state index contributed by atoms with van der Waals surface area (Å²) in [6.07, 6.45) is 1.82. The molecule has 3 heteroatoms. The third-order valence-corrected chi connectivity index (χ3v) is 1.06. The van der Waals surface area contributed by atoms with Gasteiger partial charge in [0.2, 0.25) is 0 Å². The number of aromatic amines is 1. The summed E-state index contributed by atoms with van der Waals surface area (Å²) in [7, 11) is 0. The maximum atomic E-state index is 4.61. The number of aromatic nitrogens is 2. The molecule has 1 aromatic rings. The van der Waals surface area contributed by atoms with Crippen LogP contribution in [0.15, 0.2) is 6.20 Å². The lowest BCUT2D eigenvalue weighted by atomic mass is 10.6. The molecule has 0 aliphatic rings. The predicted octanol–water partition coefficient (Wildman–Crippen LogP) is 1.07. The molecule has 2 nitrogen and oxygen atoms in total. The van der Waals surface area contributed by atoms with Crippen LogP contribution in [0.3, 0.4) is 0 Å². The fraction of sp³-hybridized carbons (Fsp3) is 0.200. The molecule has 0 saturated carbocycles. The highest BCUT2D eigenvalue weighted by molar-refractivity contribution is 7.79. The number of rotatable bonds is 1. The minimum absolute atomic E-state index is 0.762. The molecule has 1 N–H and O–H groups in total. The first-order valence-corrected chi connectivity index (χ1v) is 2.77. The molecule has 0 amide bonds. The normalized spacial score (nSPS) is 9.12. The van der Waals surface area contributed by atoms with Crippen molar-refractivity contribution in [1.82, 2.24) is 9.97 Å². The molecule has 0 aliphatic heterocycles. The van der Waals surface area contributed by atoms with Crippen molar-refractivity contribution >= 4 is 17.6 Å². The Hall–Kier alpha value is -0.700. The van der Waals surface area contributed by atoms with Gasteiger partial charge in [-0.3, -0.25) is 0 Å². The molecule has 0 fully saturated rings. The second-order valence-corrected chi connectivity index (χ2v) is 1.78. The van der Waals surface area contributed by atoms with Crippen molar-refractivity contribution in [1.29, 1.82) is 0 Å². The molecule has 0 radical (unpaired) electrons. The van der Waals surface area contributed by atoms with E-state index in [1.807, 2.05) is 13.1 Å². The maximum absolute atomic E-state index is 4.61. The van der Waals surface area contributed by atoms with E-state index >= 15 is 0 Å². The third-order valence-electron chi connectivity index (χ3n) is 0.837. The van der Waals surface area contributed by atoms with Gasteiger partial charge in [-0.15, -0.1) is 0 Å². The monoisotopic (exact) mass is 126 g/mol. The van der Waals surface area contributed by atoms with Crippen LogP contribution in [0.5, 0.6) is 0 Å². The molecule has 1 heterocycles. The Labute approximate surface area is 52.9 Å². The molecular weight excluding hydrogens is 120 g/mol. The molecule has 1 rings (SSSR count). The van der Waals surface area contributed by atoms with E-state index in [0.717, 1.165) is 11.5 Å². The topological polar surface area (TPSA) is 28.7 Å². The Morgan fingerprint density at radius 3 is 2.88 bits per heavy atom. The van der Waals surface area contributed by atoms with Gasteiger partial charge < -0.3 is 4.98 Å². The molecule has 8 heavy (non-hydrogen) atoms. The van der Waals surface area contributed by atoms with Gasteiger partial charge in [-0.05, 0) is 6.92 Å². The van der Waals surface area contributed by atoms with Gasteiger partial charge >= 0.3 is 0 Å². The highest BCUT2D eigenvalue weighted by atomic mass is 32.1. The fourth-order valence-corrected chi connectivity index (χ4v) is 0.614. The van der Waals surface area contributed by atoms with E-state index in [1.165, 1.54) is 5.37 Å².